The summed E-state index contributed by atoms with van der Waals surface area (Å²) >= 11 is 0. The van der Waals surface area contributed by atoms with Gasteiger partial charge in [-0.1, -0.05) is 18.2 Å². The van der Waals surface area contributed by atoms with Crippen LogP contribution in [0.25, 0.3) is 11.0 Å². The standard InChI is InChI=1S/C29H31FN6O3/c1-20(37)31-14-17-36(27-25-10-13-32-26(25)33-19-34-27)24-5-3-4-21(18-24)28(38)35-15-11-29(39-2,12-16-35)22-6-8-23(30)9-7-22/h3-10,13,18-19H,11-12,14-17H2,1-2H3,(H,31,37)(H,32,33,34). The summed E-state index contributed by atoms with van der Waals surface area (Å²) < 4.78 is 19.4. The predicted molar refractivity (Wildman–Crippen MR) is 146 cm³/mol. The van der Waals surface area contributed by atoms with Crippen LogP contribution in [0.2, 0.25) is 0 Å². The van der Waals surface area contributed by atoms with Gasteiger partial charge in [0.2, 0.25) is 5.91 Å². The van der Waals surface area contributed by atoms with Crippen molar-refractivity contribution in [3.8, 4) is 0 Å². The Kier molecular flexibility index (Phi) is 7.56. The summed E-state index contributed by atoms with van der Waals surface area (Å²) in [5.74, 6) is 0.198. The highest BCUT2D eigenvalue weighted by molar-refractivity contribution is 5.96. The smallest absolute Gasteiger partial charge is 0.253 e. The summed E-state index contributed by atoms with van der Waals surface area (Å²) in [5.41, 5.74) is 2.40. The topological polar surface area (TPSA) is 103 Å². The molecule has 1 aliphatic heterocycles. The molecule has 2 aromatic carbocycles. The molecule has 0 aliphatic carbocycles. The number of carbonyl (C=O) groups excluding carboxylic acids is 2. The van der Waals surface area contributed by atoms with Crippen LogP contribution in [-0.4, -0.2) is 65.0 Å². The van der Waals surface area contributed by atoms with Gasteiger partial charge in [-0.2, -0.15) is 0 Å². The van der Waals surface area contributed by atoms with Crippen molar-refractivity contribution in [1.82, 2.24) is 25.2 Å². The molecule has 0 bridgehead atoms. The Morgan fingerprint density at radius 2 is 1.90 bits per heavy atom. The third-order valence-corrected chi connectivity index (χ3v) is 7.32. The lowest BCUT2D eigenvalue weighted by Gasteiger charge is -2.41. The van der Waals surface area contributed by atoms with Crippen molar-refractivity contribution in [2.75, 3.05) is 38.2 Å². The molecule has 10 heteroatoms. The van der Waals surface area contributed by atoms with Crippen LogP contribution in [0.5, 0.6) is 0 Å². The van der Waals surface area contributed by atoms with Crippen molar-refractivity contribution in [2.24, 2.45) is 0 Å². The van der Waals surface area contributed by atoms with E-state index in [0.29, 0.717) is 56.0 Å². The second kappa shape index (κ2) is 11.2. The summed E-state index contributed by atoms with van der Waals surface area (Å²) in [4.78, 5) is 40.8. The quantitative estimate of drug-likeness (QED) is 0.355. The van der Waals surface area contributed by atoms with Crippen LogP contribution in [-0.2, 0) is 15.1 Å². The zero-order chi connectivity index (χ0) is 27.4. The third-order valence-electron chi connectivity index (χ3n) is 7.32. The van der Waals surface area contributed by atoms with E-state index in [-0.39, 0.29) is 17.6 Å². The monoisotopic (exact) mass is 530 g/mol. The number of likely N-dealkylation sites (tertiary alicyclic amines) is 1. The van der Waals surface area contributed by atoms with Gasteiger partial charge in [0, 0.05) is 57.7 Å². The van der Waals surface area contributed by atoms with Crippen molar-refractivity contribution in [2.45, 2.75) is 25.4 Å². The first-order valence-electron chi connectivity index (χ1n) is 12.9. The minimum Gasteiger partial charge on any atom is -0.373 e. The van der Waals surface area contributed by atoms with Crippen molar-refractivity contribution in [3.05, 3.63) is 84.1 Å². The Morgan fingerprint density at radius 3 is 2.62 bits per heavy atom. The molecule has 9 nitrogen and oxygen atoms in total. The predicted octanol–water partition coefficient (Wildman–Crippen LogP) is 4.15. The number of benzene rings is 2. The fraction of sp³-hybridized carbons (Fsp3) is 0.310. The molecule has 1 fully saturated rings. The minimum absolute atomic E-state index is 0.0723. The molecule has 0 radical (unpaired) electrons. The maximum Gasteiger partial charge on any atom is 0.253 e. The average Bonchev–Trinajstić information content (AvgIpc) is 3.45. The molecule has 0 atom stereocenters. The van der Waals surface area contributed by atoms with Crippen LogP contribution in [0.3, 0.4) is 0 Å². The van der Waals surface area contributed by atoms with E-state index in [1.54, 1.807) is 25.4 Å². The molecular weight excluding hydrogens is 499 g/mol. The van der Waals surface area contributed by atoms with Gasteiger partial charge in [-0.15, -0.1) is 0 Å². The maximum absolute atomic E-state index is 13.6. The number of amides is 2. The van der Waals surface area contributed by atoms with E-state index >= 15 is 0 Å². The first-order chi connectivity index (χ1) is 18.9. The summed E-state index contributed by atoms with van der Waals surface area (Å²) in [5, 5.41) is 3.67. The Bertz CT molecular complexity index is 1460. The number of hydrogen-bond acceptors (Lipinski definition) is 6. The van der Waals surface area contributed by atoms with Crippen LogP contribution in [0.4, 0.5) is 15.9 Å². The van der Waals surface area contributed by atoms with Gasteiger partial charge in [0.25, 0.3) is 5.91 Å². The Morgan fingerprint density at radius 1 is 1.13 bits per heavy atom. The Balaban J connectivity index is 1.37. The lowest BCUT2D eigenvalue weighted by molar-refractivity contribution is -0.118. The molecule has 2 N–H and O–H groups in total. The lowest BCUT2D eigenvalue weighted by atomic mass is 9.84. The van der Waals surface area contributed by atoms with Crippen LogP contribution >= 0.6 is 0 Å². The zero-order valence-corrected chi connectivity index (χ0v) is 22.0. The molecule has 1 aliphatic rings. The summed E-state index contributed by atoms with van der Waals surface area (Å²) in [6.45, 7) is 3.35. The van der Waals surface area contributed by atoms with Crippen LogP contribution in [0.15, 0.2) is 67.1 Å². The number of methoxy groups -OCH3 is 1. The van der Waals surface area contributed by atoms with E-state index in [1.165, 1.54) is 25.4 Å². The number of ether oxygens (including phenoxy) is 1. The number of anilines is 2. The molecule has 202 valence electrons. The third kappa shape index (κ3) is 5.46. The number of piperidine rings is 1. The van der Waals surface area contributed by atoms with Gasteiger partial charge in [0.1, 0.15) is 23.6 Å². The molecule has 0 saturated carbocycles. The molecule has 39 heavy (non-hydrogen) atoms. The normalized spacial score (nSPS) is 14.8. The Hall–Kier alpha value is -4.31. The SMILES string of the molecule is COC1(c2ccc(F)cc2)CCN(C(=O)c2cccc(N(CCNC(C)=O)c3ncnc4[nH]ccc34)c2)CC1. The summed E-state index contributed by atoms with van der Waals surface area (Å²) in [6.07, 6.45) is 4.51. The van der Waals surface area contributed by atoms with E-state index in [4.69, 9.17) is 4.74 Å². The van der Waals surface area contributed by atoms with Gasteiger partial charge in [-0.25, -0.2) is 14.4 Å². The number of H-pyrrole nitrogens is 1. The van der Waals surface area contributed by atoms with Crippen molar-refractivity contribution < 1.29 is 18.7 Å². The number of rotatable bonds is 8. The fourth-order valence-electron chi connectivity index (χ4n) is 5.20. The van der Waals surface area contributed by atoms with E-state index in [2.05, 4.69) is 20.3 Å². The molecular formula is C29H31FN6O3. The van der Waals surface area contributed by atoms with Gasteiger partial charge in [0.05, 0.1) is 11.0 Å². The van der Waals surface area contributed by atoms with Gasteiger partial charge < -0.3 is 24.8 Å². The average molecular weight is 531 g/mol. The number of nitrogens with one attached hydrogen (secondary N) is 2. The van der Waals surface area contributed by atoms with Crippen LogP contribution < -0.4 is 10.2 Å². The molecule has 2 amide bonds. The largest absolute Gasteiger partial charge is 0.373 e. The summed E-state index contributed by atoms with van der Waals surface area (Å²) in [7, 11) is 1.66. The van der Waals surface area contributed by atoms with E-state index in [9.17, 15) is 14.0 Å². The Labute approximate surface area is 226 Å². The van der Waals surface area contributed by atoms with E-state index in [1.807, 2.05) is 40.1 Å². The summed E-state index contributed by atoms with van der Waals surface area (Å²) in [6, 6.07) is 15.7. The van der Waals surface area contributed by atoms with E-state index in [0.717, 1.165) is 16.6 Å². The number of nitrogens with zero attached hydrogens (tertiary/aromatic N) is 4. The number of aromatic nitrogens is 3. The fourth-order valence-corrected chi connectivity index (χ4v) is 5.20. The first kappa shape index (κ1) is 26.3. The molecule has 0 unspecified atom stereocenters. The molecule has 3 heterocycles. The van der Waals surface area contributed by atoms with Crippen molar-refractivity contribution >= 4 is 34.4 Å². The van der Waals surface area contributed by atoms with Crippen molar-refractivity contribution in [1.29, 1.82) is 0 Å². The zero-order valence-electron chi connectivity index (χ0n) is 22.0. The van der Waals surface area contributed by atoms with Crippen LogP contribution in [0, 0.1) is 5.82 Å². The highest BCUT2D eigenvalue weighted by Crippen LogP contribution is 2.37. The highest BCUT2D eigenvalue weighted by Gasteiger charge is 2.37. The molecule has 1 saturated heterocycles. The highest BCUT2D eigenvalue weighted by atomic mass is 19.1. The minimum atomic E-state index is -0.554. The first-order valence-corrected chi connectivity index (χ1v) is 12.9. The molecule has 4 aromatic rings. The number of halogens is 1. The molecule has 5 rings (SSSR count). The van der Waals surface area contributed by atoms with Crippen LogP contribution in [0.1, 0.15) is 35.7 Å². The van der Waals surface area contributed by atoms with Gasteiger partial charge >= 0.3 is 0 Å². The lowest BCUT2D eigenvalue weighted by Crippen LogP contribution is -2.46. The number of hydrogen-bond donors (Lipinski definition) is 2. The number of aromatic amines is 1. The molecule has 2 aromatic heterocycles. The molecule has 0 spiro atoms. The maximum atomic E-state index is 13.6. The second-order valence-electron chi connectivity index (χ2n) is 9.62. The van der Waals surface area contributed by atoms with Gasteiger partial charge in [0.15, 0.2) is 0 Å². The van der Waals surface area contributed by atoms with Crippen molar-refractivity contribution in [3.63, 3.8) is 0 Å². The van der Waals surface area contributed by atoms with Gasteiger partial charge in [-0.3, -0.25) is 9.59 Å². The number of carbonyl (C=O) groups is 2. The number of fused-ring (bicyclic) bond motifs is 1. The second-order valence-corrected chi connectivity index (χ2v) is 9.62. The van der Waals surface area contributed by atoms with Gasteiger partial charge in [-0.05, 0) is 54.8 Å². The van der Waals surface area contributed by atoms with E-state index < -0.39 is 5.60 Å².